The van der Waals surface area contributed by atoms with Crippen LogP contribution in [-0.2, 0) is 19.0 Å². The van der Waals surface area contributed by atoms with Gasteiger partial charge < -0.3 is 29.2 Å². The van der Waals surface area contributed by atoms with Crippen molar-refractivity contribution in [1.82, 2.24) is 0 Å². The van der Waals surface area contributed by atoms with E-state index in [1.807, 2.05) is 0 Å². The molecule has 0 saturated carbocycles. The summed E-state index contributed by atoms with van der Waals surface area (Å²) >= 11 is 9.96. The highest BCUT2D eigenvalue weighted by atomic mass is 79.9. The first kappa shape index (κ1) is 23.5. The highest BCUT2D eigenvalue weighted by Crippen LogP contribution is 2.38. The number of benzene rings is 1. The molecule has 1 aromatic rings. The molecule has 2 N–H and O–H groups in total. The zero-order chi connectivity index (χ0) is 19.7. The zero-order valence-electron chi connectivity index (χ0n) is 14.0. The van der Waals surface area contributed by atoms with Crippen molar-refractivity contribution >= 4 is 53.8 Å². The van der Waals surface area contributed by atoms with Gasteiger partial charge in [0.2, 0.25) is 0 Å². The Kier molecular flexibility index (Phi) is 10.3. The molecule has 0 spiro atoms. The van der Waals surface area contributed by atoms with Crippen LogP contribution < -0.4 is 4.74 Å². The van der Waals surface area contributed by atoms with Gasteiger partial charge in [0.15, 0.2) is 12.4 Å². The average Bonchev–Trinajstić information content (AvgIpc) is 2.54. The largest absolute Gasteiger partial charge is 0.426 e. The van der Waals surface area contributed by atoms with Crippen LogP contribution in [0.3, 0.4) is 0 Å². The predicted molar refractivity (Wildman–Crippen MR) is 105 cm³/mol. The second-order valence-electron chi connectivity index (χ2n) is 5.07. The van der Waals surface area contributed by atoms with E-state index < -0.39 is 18.5 Å². The van der Waals surface area contributed by atoms with Crippen molar-refractivity contribution in [2.24, 2.45) is 0 Å². The van der Waals surface area contributed by atoms with Crippen LogP contribution in [0.25, 0.3) is 0 Å². The SMILES string of the molecule is C=C(C)C(=O)OC(O)(COCCOCCO)Oc1c(Br)cc(Br)cc1Br. The Morgan fingerprint density at radius 3 is 2.27 bits per heavy atom. The van der Waals surface area contributed by atoms with Crippen LogP contribution in [-0.4, -0.2) is 55.2 Å². The molecule has 0 amide bonds. The number of esters is 1. The summed E-state index contributed by atoms with van der Waals surface area (Å²) < 4.78 is 22.6. The monoisotopic (exact) mass is 560 g/mol. The molecule has 0 bridgehead atoms. The molecule has 0 aromatic heterocycles. The highest BCUT2D eigenvalue weighted by Gasteiger charge is 2.37. The highest BCUT2D eigenvalue weighted by molar-refractivity contribution is 9.11. The predicted octanol–water partition coefficient (Wildman–Crippen LogP) is 3.14. The topological polar surface area (TPSA) is 94.5 Å². The summed E-state index contributed by atoms with van der Waals surface area (Å²) in [5.74, 6) is -3.01. The van der Waals surface area contributed by atoms with Crippen LogP contribution in [0.15, 0.2) is 37.7 Å². The molecule has 7 nitrogen and oxygen atoms in total. The van der Waals surface area contributed by atoms with Crippen molar-refractivity contribution in [3.05, 3.63) is 37.7 Å². The standard InChI is InChI=1S/C16H19Br3O7/c1-10(2)15(21)26-16(22,9-24-6-5-23-4-3-20)25-14-12(18)7-11(17)8-13(14)19/h7-8,20,22H,1,3-6,9H2,2H3. The summed E-state index contributed by atoms with van der Waals surface area (Å²) in [6.45, 7) is 4.81. The van der Waals surface area contributed by atoms with Gasteiger partial charge in [-0.2, -0.15) is 0 Å². The molecule has 0 heterocycles. The normalized spacial score (nSPS) is 13.2. The second kappa shape index (κ2) is 11.4. The summed E-state index contributed by atoms with van der Waals surface area (Å²) in [5, 5.41) is 19.3. The van der Waals surface area contributed by atoms with Gasteiger partial charge in [-0.3, -0.25) is 0 Å². The maximum absolute atomic E-state index is 11.8. The van der Waals surface area contributed by atoms with Crippen LogP contribution in [0.2, 0.25) is 0 Å². The summed E-state index contributed by atoms with van der Waals surface area (Å²) in [7, 11) is 0. The smallest absolute Gasteiger partial charge is 0.396 e. The zero-order valence-corrected chi connectivity index (χ0v) is 18.7. The number of carbonyl (C=O) groups is 1. The molecule has 0 aliphatic rings. The minimum absolute atomic E-state index is 0.0900. The molecule has 1 atom stereocenters. The fourth-order valence-electron chi connectivity index (χ4n) is 1.58. The van der Waals surface area contributed by atoms with E-state index in [0.717, 1.165) is 4.47 Å². The molecule has 0 radical (unpaired) electrons. The maximum Gasteiger partial charge on any atom is 0.396 e. The Hall–Kier alpha value is -0.490. The minimum atomic E-state index is -2.38. The fraction of sp³-hybridized carbons (Fsp3) is 0.438. The Labute approximate surface area is 176 Å². The average molecular weight is 563 g/mol. The van der Waals surface area contributed by atoms with Crippen molar-refractivity contribution < 1.29 is 34.0 Å². The fourth-order valence-corrected chi connectivity index (χ4v) is 4.00. The van der Waals surface area contributed by atoms with Gasteiger partial charge in [0.05, 0.1) is 35.4 Å². The van der Waals surface area contributed by atoms with Gasteiger partial charge in [-0.25, -0.2) is 4.79 Å². The molecular weight excluding hydrogens is 544 g/mol. The third kappa shape index (κ3) is 8.03. The molecule has 1 rings (SSSR count). The van der Waals surface area contributed by atoms with E-state index >= 15 is 0 Å². The third-order valence-corrected chi connectivity index (χ3v) is 4.35. The Morgan fingerprint density at radius 1 is 1.15 bits per heavy atom. The summed E-state index contributed by atoms with van der Waals surface area (Å²) in [6.07, 6.45) is 0. The number of ether oxygens (including phenoxy) is 4. The molecule has 0 aliphatic carbocycles. The molecular formula is C16H19Br3O7. The summed E-state index contributed by atoms with van der Waals surface area (Å²) in [5.41, 5.74) is 0.0900. The number of halogens is 3. The van der Waals surface area contributed by atoms with Crippen LogP contribution in [0.1, 0.15) is 6.92 Å². The van der Waals surface area contributed by atoms with Gasteiger partial charge >= 0.3 is 11.9 Å². The Balaban J connectivity index is 2.87. The third-order valence-electron chi connectivity index (χ3n) is 2.72. The number of hydrogen-bond acceptors (Lipinski definition) is 7. The van der Waals surface area contributed by atoms with Gasteiger partial charge in [0, 0.05) is 10.0 Å². The van der Waals surface area contributed by atoms with Crippen molar-refractivity contribution in [1.29, 1.82) is 0 Å². The summed E-state index contributed by atoms with van der Waals surface area (Å²) in [4.78, 5) is 11.8. The first-order valence-electron chi connectivity index (χ1n) is 7.39. The van der Waals surface area contributed by atoms with Gasteiger partial charge in [0.1, 0.15) is 0 Å². The van der Waals surface area contributed by atoms with Crippen LogP contribution >= 0.6 is 47.8 Å². The van der Waals surface area contributed by atoms with Gasteiger partial charge in [-0.15, -0.1) is 0 Å². The van der Waals surface area contributed by atoms with Gasteiger partial charge in [0.25, 0.3) is 0 Å². The Bertz CT molecular complexity index is 615. The first-order chi connectivity index (χ1) is 12.2. The molecule has 0 saturated heterocycles. The Morgan fingerprint density at radius 2 is 1.73 bits per heavy atom. The van der Waals surface area contributed by atoms with Crippen LogP contribution in [0.4, 0.5) is 0 Å². The molecule has 146 valence electrons. The van der Waals surface area contributed by atoms with Gasteiger partial charge in [-0.1, -0.05) is 22.5 Å². The van der Waals surface area contributed by atoms with E-state index in [1.165, 1.54) is 6.92 Å². The molecule has 1 unspecified atom stereocenters. The van der Waals surface area contributed by atoms with Crippen molar-refractivity contribution in [2.75, 3.05) is 33.0 Å². The molecule has 0 fully saturated rings. The molecule has 26 heavy (non-hydrogen) atoms. The molecule has 0 aliphatic heterocycles. The maximum atomic E-state index is 11.8. The number of rotatable bonds is 11. The van der Waals surface area contributed by atoms with Crippen LogP contribution in [0, 0.1) is 0 Å². The summed E-state index contributed by atoms with van der Waals surface area (Å²) in [6, 6.07) is 3.40. The van der Waals surface area contributed by atoms with Crippen LogP contribution in [0.5, 0.6) is 5.75 Å². The number of aliphatic hydroxyl groups excluding tert-OH is 1. The van der Waals surface area contributed by atoms with E-state index in [-0.39, 0.29) is 37.8 Å². The van der Waals surface area contributed by atoms with Crippen molar-refractivity contribution in [2.45, 2.75) is 12.9 Å². The number of aliphatic hydroxyl groups is 2. The van der Waals surface area contributed by atoms with E-state index in [4.69, 9.17) is 24.1 Å². The van der Waals surface area contributed by atoms with E-state index in [0.29, 0.717) is 8.95 Å². The van der Waals surface area contributed by atoms with Crippen molar-refractivity contribution in [3.63, 3.8) is 0 Å². The minimum Gasteiger partial charge on any atom is -0.426 e. The van der Waals surface area contributed by atoms with Gasteiger partial charge in [-0.05, 0) is 50.9 Å². The quantitative estimate of drug-likeness (QED) is 0.185. The second-order valence-corrected chi connectivity index (χ2v) is 7.70. The van der Waals surface area contributed by atoms with E-state index in [2.05, 4.69) is 54.4 Å². The first-order valence-corrected chi connectivity index (χ1v) is 9.77. The van der Waals surface area contributed by atoms with Crippen molar-refractivity contribution in [3.8, 4) is 5.75 Å². The van der Waals surface area contributed by atoms with E-state index in [1.54, 1.807) is 12.1 Å². The molecule has 1 aromatic carbocycles. The number of carbonyl (C=O) groups excluding carboxylic acids is 1. The number of hydrogen-bond donors (Lipinski definition) is 2. The lowest BCUT2D eigenvalue weighted by Gasteiger charge is -2.28. The lowest BCUT2D eigenvalue weighted by Crippen LogP contribution is -2.46. The van der Waals surface area contributed by atoms with E-state index in [9.17, 15) is 9.90 Å². The lowest BCUT2D eigenvalue weighted by molar-refractivity contribution is -0.320. The lowest BCUT2D eigenvalue weighted by atomic mass is 10.3. The molecule has 10 heteroatoms.